The van der Waals surface area contributed by atoms with Crippen molar-refractivity contribution in [1.29, 1.82) is 0 Å². The Morgan fingerprint density at radius 3 is 2.25 bits per heavy atom. The summed E-state index contributed by atoms with van der Waals surface area (Å²) in [6.45, 7) is 3.06. The molecule has 1 amide bonds. The van der Waals surface area contributed by atoms with Crippen LogP contribution in [0, 0.1) is 5.92 Å². The van der Waals surface area contributed by atoms with Crippen molar-refractivity contribution in [3.8, 4) is 5.75 Å². The summed E-state index contributed by atoms with van der Waals surface area (Å²) in [5.41, 5.74) is 0. The average Bonchev–Trinajstić information content (AvgIpc) is 2.65. The number of piperazine rings is 1. The molecule has 1 heterocycles. The van der Waals surface area contributed by atoms with Crippen molar-refractivity contribution < 1.29 is 27.5 Å². The lowest BCUT2D eigenvalue weighted by Crippen LogP contribution is -2.51. The smallest absolute Gasteiger partial charge is 0.309 e. The third-order valence-corrected chi connectivity index (χ3v) is 7.05. The summed E-state index contributed by atoms with van der Waals surface area (Å²) >= 11 is 0. The van der Waals surface area contributed by atoms with Crippen molar-refractivity contribution in [3.63, 3.8) is 0 Å². The van der Waals surface area contributed by atoms with Crippen molar-refractivity contribution in [2.45, 2.75) is 31.1 Å². The number of hydrogen-bond donors (Lipinski definition) is 0. The molecular formula is C19H26N2O6S. The fraction of sp³-hybridized carbons (Fsp3) is 0.579. The summed E-state index contributed by atoms with van der Waals surface area (Å²) in [5.74, 6) is -0.0423. The van der Waals surface area contributed by atoms with Crippen LogP contribution in [0.15, 0.2) is 29.2 Å². The van der Waals surface area contributed by atoms with Crippen molar-refractivity contribution in [2.75, 3.05) is 39.4 Å². The Kier molecular flexibility index (Phi) is 6.56. The molecule has 0 atom stereocenters. The third kappa shape index (κ3) is 4.64. The molecule has 0 unspecified atom stereocenters. The number of esters is 1. The number of hydrogen-bond acceptors (Lipinski definition) is 6. The zero-order valence-electron chi connectivity index (χ0n) is 16.0. The van der Waals surface area contributed by atoms with E-state index in [1.165, 1.54) is 21.3 Å². The molecule has 1 aliphatic carbocycles. The summed E-state index contributed by atoms with van der Waals surface area (Å²) in [7, 11) is -3.62. The maximum absolute atomic E-state index is 12.8. The Labute approximate surface area is 165 Å². The number of rotatable bonds is 7. The first kappa shape index (κ1) is 20.6. The van der Waals surface area contributed by atoms with Gasteiger partial charge in [0.2, 0.25) is 10.0 Å². The molecule has 1 saturated carbocycles. The number of carbonyl (C=O) groups excluding carboxylic acids is 2. The summed E-state index contributed by atoms with van der Waals surface area (Å²) in [5, 5.41) is 0. The molecule has 1 aromatic rings. The van der Waals surface area contributed by atoms with E-state index in [4.69, 9.17) is 9.47 Å². The predicted molar refractivity (Wildman–Crippen MR) is 101 cm³/mol. The monoisotopic (exact) mass is 410 g/mol. The van der Waals surface area contributed by atoms with Gasteiger partial charge < -0.3 is 14.4 Å². The van der Waals surface area contributed by atoms with E-state index in [0.29, 0.717) is 12.4 Å². The molecule has 9 heteroatoms. The van der Waals surface area contributed by atoms with Crippen molar-refractivity contribution >= 4 is 21.9 Å². The lowest BCUT2D eigenvalue weighted by Gasteiger charge is -2.34. The first-order valence-electron chi connectivity index (χ1n) is 9.59. The van der Waals surface area contributed by atoms with Gasteiger partial charge in [-0.25, -0.2) is 8.42 Å². The van der Waals surface area contributed by atoms with Crippen LogP contribution in [0.3, 0.4) is 0 Å². The van der Waals surface area contributed by atoms with E-state index < -0.39 is 10.0 Å². The number of carbonyl (C=O) groups is 2. The Morgan fingerprint density at radius 1 is 1.07 bits per heavy atom. The summed E-state index contributed by atoms with van der Waals surface area (Å²) in [6.07, 6.45) is 2.68. The van der Waals surface area contributed by atoms with E-state index in [-0.39, 0.29) is 55.5 Å². The molecule has 1 aromatic carbocycles. The van der Waals surface area contributed by atoms with Crippen molar-refractivity contribution in [2.24, 2.45) is 5.92 Å². The van der Waals surface area contributed by atoms with Crippen LogP contribution in [-0.2, 0) is 24.3 Å². The SMILES string of the molecule is CCOc1ccc(S(=O)(=O)N2CCN(C(=O)COC(=O)C3CCC3)CC2)cc1. The highest BCUT2D eigenvalue weighted by Crippen LogP contribution is 2.27. The molecule has 3 rings (SSSR count). The van der Waals surface area contributed by atoms with Gasteiger partial charge in [-0.05, 0) is 44.0 Å². The van der Waals surface area contributed by atoms with E-state index in [1.807, 2.05) is 6.92 Å². The number of sulfonamides is 1. The lowest BCUT2D eigenvalue weighted by molar-refractivity contribution is -0.158. The van der Waals surface area contributed by atoms with Gasteiger partial charge in [0.25, 0.3) is 5.91 Å². The molecule has 0 aromatic heterocycles. The minimum absolute atomic E-state index is 0.0658. The molecule has 28 heavy (non-hydrogen) atoms. The fourth-order valence-electron chi connectivity index (χ4n) is 3.19. The van der Waals surface area contributed by atoms with Gasteiger partial charge in [0, 0.05) is 26.2 Å². The summed E-state index contributed by atoms with van der Waals surface area (Å²) in [6, 6.07) is 6.31. The lowest BCUT2D eigenvalue weighted by atomic mass is 9.86. The predicted octanol–water partition coefficient (Wildman–Crippen LogP) is 1.26. The molecule has 0 spiro atoms. The van der Waals surface area contributed by atoms with Gasteiger partial charge in [0.15, 0.2) is 6.61 Å². The van der Waals surface area contributed by atoms with Crippen LogP contribution in [0.1, 0.15) is 26.2 Å². The second-order valence-corrected chi connectivity index (χ2v) is 8.86. The summed E-state index contributed by atoms with van der Waals surface area (Å²) < 4.78 is 37.3. The molecular weight excluding hydrogens is 384 g/mol. The Hall–Kier alpha value is -2.13. The number of ether oxygens (including phenoxy) is 2. The minimum Gasteiger partial charge on any atom is -0.494 e. The maximum atomic E-state index is 12.8. The highest BCUT2D eigenvalue weighted by atomic mass is 32.2. The Balaban J connectivity index is 1.50. The molecule has 2 fully saturated rings. The van der Waals surface area contributed by atoms with Crippen LogP contribution in [0.2, 0.25) is 0 Å². The normalized spacial score (nSPS) is 18.4. The van der Waals surface area contributed by atoms with Gasteiger partial charge in [0.1, 0.15) is 5.75 Å². The highest BCUT2D eigenvalue weighted by Gasteiger charge is 2.31. The van der Waals surface area contributed by atoms with E-state index in [2.05, 4.69) is 0 Å². The fourth-order valence-corrected chi connectivity index (χ4v) is 4.61. The van der Waals surface area contributed by atoms with Gasteiger partial charge in [-0.3, -0.25) is 9.59 Å². The second-order valence-electron chi connectivity index (χ2n) is 6.92. The standard InChI is InChI=1S/C19H26N2O6S/c1-2-26-16-6-8-17(9-7-16)28(24,25)21-12-10-20(11-13-21)18(22)14-27-19(23)15-4-3-5-15/h6-9,15H,2-5,10-14H2,1H3. The molecule has 2 aliphatic rings. The molecule has 1 aliphatic heterocycles. The quantitative estimate of drug-likeness (QED) is 0.629. The Morgan fingerprint density at radius 2 is 1.71 bits per heavy atom. The third-order valence-electron chi connectivity index (χ3n) is 5.14. The zero-order valence-corrected chi connectivity index (χ0v) is 16.8. The van der Waals surface area contributed by atoms with E-state index in [0.717, 1.165) is 19.3 Å². The molecule has 1 saturated heterocycles. The summed E-state index contributed by atoms with van der Waals surface area (Å²) in [4.78, 5) is 25.7. The zero-order chi connectivity index (χ0) is 20.1. The number of benzene rings is 1. The van der Waals surface area contributed by atoms with Crippen LogP contribution in [0.25, 0.3) is 0 Å². The number of amides is 1. The topological polar surface area (TPSA) is 93.2 Å². The van der Waals surface area contributed by atoms with Crippen molar-refractivity contribution in [3.05, 3.63) is 24.3 Å². The molecule has 0 radical (unpaired) electrons. The van der Waals surface area contributed by atoms with Gasteiger partial charge in [0.05, 0.1) is 17.4 Å². The van der Waals surface area contributed by atoms with Crippen LogP contribution in [0.4, 0.5) is 0 Å². The molecule has 0 bridgehead atoms. The van der Waals surface area contributed by atoms with Gasteiger partial charge in [-0.15, -0.1) is 0 Å². The minimum atomic E-state index is -3.62. The largest absolute Gasteiger partial charge is 0.494 e. The Bertz CT molecular complexity index is 796. The first-order valence-corrected chi connectivity index (χ1v) is 11.0. The van der Waals surface area contributed by atoms with E-state index >= 15 is 0 Å². The van der Waals surface area contributed by atoms with Crippen LogP contribution < -0.4 is 4.74 Å². The second kappa shape index (κ2) is 8.91. The first-order chi connectivity index (χ1) is 13.4. The van der Waals surface area contributed by atoms with Gasteiger partial charge >= 0.3 is 5.97 Å². The molecule has 154 valence electrons. The van der Waals surface area contributed by atoms with Crippen LogP contribution in [-0.4, -0.2) is 68.9 Å². The van der Waals surface area contributed by atoms with Gasteiger partial charge in [-0.1, -0.05) is 6.42 Å². The van der Waals surface area contributed by atoms with Crippen molar-refractivity contribution in [1.82, 2.24) is 9.21 Å². The average molecular weight is 410 g/mol. The van der Waals surface area contributed by atoms with Crippen LogP contribution in [0.5, 0.6) is 5.75 Å². The molecule has 8 nitrogen and oxygen atoms in total. The van der Waals surface area contributed by atoms with Crippen LogP contribution >= 0.6 is 0 Å². The van der Waals surface area contributed by atoms with Gasteiger partial charge in [-0.2, -0.15) is 4.31 Å². The number of nitrogens with zero attached hydrogens (tertiary/aromatic N) is 2. The highest BCUT2D eigenvalue weighted by molar-refractivity contribution is 7.89. The van der Waals surface area contributed by atoms with E-state index in [9.17, 15) is 18.0 Å². The molecule has 0 N–H and O–H groups in total. The van der Waals surface area contributed by atoms with E-state index in [1.54, 1.807) is 12.1 Å². The maximum Gasteiger partial charge on any atom is 0.309 e.